The van der Waals surface area contributed by atoms with Gasteiger partial charge in [-0.15, -0.1) is 11.3 Å². The smallest absolute Gasteiger partial charge is 0.0809 e. The summed E-state index contributed by atoms with van der Waals surface area (Å²) in [7, 11) is 0. The Balaban J connectivity index is 1.14. The Kier molecular flexibility index (Phi) is 8.74. The minimum absolute atomic E-state index is 0.319. The van der Waals surface area contributed by atoms with Crippen LogP contribution in [0.5, 0.6) is 0 Å². The van der Waals surface area contributed by atoms with E-state index in [1.807, 2.05) is 11.3 Å². The fourth-order valence-electron chi connectivity index (χ4n) is 10.0. The number of hydrogen-bond acceptors (Lipinski definition) is 3. The molecule has 63 heavy (non-hydrogen) atoms. The van der Waals surface area contributed by atoms with Crippen molar-refractivity contribution in [1.82, 2.24) is 4.98 Å². The zero-order chi connectivity index (χ0) is 42.1. The number of aromatic nitrogens is 1. The van der Waals surface area contributed by atoms with E-state index in [9.17, 15) is 0 Å². The Bertz CT molecular complexity index is 3510. The number of rotatable bonds is 7. The summed E-state index contributed by atoms with van der Waals surface area (Å²) in [6, 6.07) is 79.7. The van der Waals surface area contributed by atoms with E-state index in [2.05, 4.69) is 237 Å². The van der Waals surface area contributed by atoms with Crippen molar-refractivity contribution in [3.05, 3.63) is 230 Å². The average Bonchev–Trinajstić information content (AvgIpc) is 3.84. The molecule has 0 unspecified atom stereocenters. The maximum absolute atomic E-state index is 5.60. The molecule has 1 aliphatic carbocycles. The van der Waals surface area contributed by atoms with Gasteiger partial charge in [0.25, 0.3) is 0 Å². The standard InChI is InChI=1S/C60H42N2S/c1-60(2)53-25-12-10-21-47(53)49-36-37-51(57-52(41-18-7-4-8-19-41)38-43-20-9-13-26-54(43)61-57)58(56(49)60)62(44-32-28-40(29-33-44)39-16-5-3-6-17-39)45-34-30-42(31-35-45)46-23-15-24-50-48-22-11-14-27-55(48)63-59(46)50/h3-38H,1-2H3. The molecule has 0 N–H and O–H groups in total. The van der Waals surface area contributed by atoms with E-state index in [1.54, 1.807) is 0 Å². The summed E-state index contributed by atoms with van der Waals surface area (Å²) in [6.07, 6.45) is 0. The molecule has 298 valence electrons. The number of fused-ring (bicyclic) bond motifs is 7. The first-order chi connectivity index (χ1) is 31.0. The molecule has 0 atom stereocenters. The molecule has 0 saturated carbocycles. The monoisotopic (exact) mass is 822 g/mol. The van der Waals surface area contributed by atoms with Crippen molar-refractivity contribution in [3.8, 4) is 55.8 Å². The highest BCUT2D eigenvalue weighted by Gasteiger charge is 2.40. The van der Waals surface area contributed by atoms with Gasteiger partial charge in [0.05, 0.1) is 16.9 Å². The van der Waals surface area contributed by atoms with Crippen LogP contribution in [0.2, 0.25) is 0 Å². The SMILES string of the molecule is CC1(C)c2ccccc2-c2ccc(-c3nc4ccccc4cc3-c3ccccc3)c(N(c3ccc(-c4ccccc4)cc3)c3ccc(-c4cccc5c4sc4ccccc45)cc3)c21. The number of thiophene rings is 1. The highest BCUT2D eigenvalue weighted by Crippen LogP contribution is 2.57. The van der Waals surface area contributed by atoms with Gasteiger partial charge >= 0.3 is 0 Å². The fraction of sp³-hybridized carbons (Fsp3) is 0.0500. The van der Waals surface area contributed by atoms with Crippen LogP contribution in [0.15, 0.2) is 218 Å². The molecule has 3 heteroatoms. The zero-order valence-corrected chi connectivity index (χ0v) is 35.9. The van der Waals surface area contributed by atoms with Gasteiger partial charge in [-0.1, -0.05) is 190 Å². The van der Waals surface area contributed by atoms with Crippen molar-refractivity contribution in [2.45, 2.75) is 19.3 Å². The Morgan fingerprint density at radius 2 is 1.00 bits per heavy atom. The molecule has 2 heterocycles. The molecule has 11 aromatic rings. The van der Waals surface area contributed by atoms with Gasteiger partial charge in [-0.3, -0.25) is 0 Å². The molecule has 0 spiro atoms. The van der Waals surface area contributed by atoms with Crippen molar-refractivity contribution in [2.75, 3.05) is 4.90 Å². The van der Waals surface area contributed by atoms with Crippen LogP contribution in [0.25, 0.3) is 86.8 Å². The van der Waals surface area contributed by atoms with E-state index in [1.165, 1.54) is 64.7 Å². The molecular formula is C60H42N2S. The summed E-state index contributed by atoms with van der Waals surface area (Å²) in [4.78, 5) is 8.11. The van der Waals surface area contributed by atoms with Gasteiger partial charge in [0.15, 0.2) is 0 Å². The first kappa shape index (κ1) is 37.2. The predicted octanol–water partition coefficient (Wildman–Crippen LogP) is 17.0. The van der Waals surface area contributed by atoms with Crippen LogP contribution in [-0.4, -0.2) is 4.98 Å². The average molecular weight is 823 g/mol. The fourth-order valence-corrected chi connectivity index (χ4v) is 11.3. The van der Waals surface area contributed by atoms with Crippen LogP contribution in [0.4, 0.5) is 17.1 Å². The van der Waals surface area contributed by atoms with Gasteiger partial charge in [0, 0.05) is 53.5 Å². The summed E-state index contributed by atoms with van der Waals surface area (Å²) < 4.78 is 2.63. The summed E-state index contributed by atoms with van der Waals surface area (Å²) in [6.45, 7) is 4.78. The second-order valence-corrected chi connectivity index (χ2v) is 18.1. The molecule has 9 aromatic carbocycles. The van der Waals surface area contributed by atoms with Gasteiger partial charge in [-0.2, -0.15) is 0 Å². The van der Waals surface area contributed by atoms with Crippen molar-refractivity contribution in [2.24, 2.45) is 0 Å². The first-order valence-corrected chi connectivity index (χ1v) is 22.5. The van der Waals surface area contributed by atoms with Crippen LogP contribution >= 0.6 is 11.3 Å². The molecule has 2 nitrogen and oxygen atoms in total. The molecule has 0 amide bonds. The predicted molar refractivity (Wildman–Crippen MR) is 269 cm³/mol. The van der Waals surface area contributed by atoms with Crippen molar-refractivity contribution in [1.29, 1.82) is 0 Å². The Morgan fingerprint density at radius 3 is 1.78 bits per heavy atom. The lowest BCUT2D eigenvalue weighted by atomic mass is 9.79. The largest absolute Gasteiger partial charge is 0.309 e. The lowest BCUT2D eigenvalue weighted by molar-refractivity contribution is 0.661. The second-order valence-electron chi connectivity index (χ2n) is 17.1. The van der Waals surface area contributed by atoms with Gasteiger partial charge in [-0.25, -0.2) is 4.98 Å². The molecule has 0 radical (unpaired) electrons. The summed E-state index contributed by atoms with van der Waals surface area (Å²) in [5, 5.41) is 3.74. The lowest BCUT2D eigenvalue weighted by Gasteiger charge is -2.34. The molecule has 0 saturated heterocycles. The third-order valence-electron chi connectivity index (χ3n) is 13.1. The normalized spacial score (nSPS) is 12.7. The minimum atomic E-state index is -0.319. The van der Waals surface area contributed by atoms with E-state index in [4.69, 9.17) is 4.98 Å². The third-order valence-corrected chi connectivity index (χ3v) is 14.3. The number of para-hydroxylation sites is 1. The molecule has 0 fully saturated rings. The van der Waals surface area contributed by atoms with Crippen LogP contribution < -0.4 is 4.90 Å². The highest BCUT2D eigenvalue weighted by molar-refractivity contribution is 7.26. The summed E-state index contributed by atoms with van der Waals surface area (Å²) >= 11 is 1.88. The maximum atomic E-state index is 5.60. The summed E-state index contributed by atoms with van der Waals surface area (Å²) in [5.74, 6) is 0. The topological polar surface area (TPSA) is 16.1 Å². The maximum Gasteiger partial charge on any atom is 0.0809 e. The van der Waals surface area contributed by atoms with Crippen molar-refractivity contribution in [3.63, 3.8) is 0 Å². The van der Waals surface area contributed by atoms with E-state index in [0.29, 0.717) is 0 Å². The number of pyridine rings is 1. The van der Waals surface area contributed by atoms with Crippen LogP contribution in [0, 0.1) is 0 Å². The molecular weight excluding hydrogens is 781 g/mol. The van der Waals surface area contributed by atoms with E-state index in [-0.39, 0.29) is 5.41 Å². The Morgan fingerprint density at radius 1 is 0.429 bits per heavy atom. The second kappa shape index (κ2) is 14.8. The third kappa shape index (κ3) is 6.11. The molecule has 0 bridgehead atoms. The number of anilines is 3. The highest BCUT2D eigenvalue weighted by atomic mass is 32.1. The van der Waals surface area contributed by atoms with Crippen LogP contribution in [0.1, 0.15) is 25.0 Å². The van der Waals surface area contributed by atoms with Crippen LogP contribution in [0.3, 0.4) is 0 Å². The van der Waals surface area contributed by atoms with Gasteiger partial charge < -0.3 is 4.90 Å². The number of nitrogens with zero attached hydrogens (tertiary/aromatic N) is 2. The molecule has 1 aliphatic rings. The summed E-state index contributed by atoms with van der Waals surface area (Å²) in [5.41, 5.74) is 18.2. The quantitative estimate of drug-likeness (QED) is 0.159. The Hall–Kier alpha value is -7.59. The minimum Gasteiger partial charge on any atom is -0.309 e. The van der Waals surface area contributed by atoms with Gasteiger partial charge in [0.1, 0.15) is 0 Å². The van der Waals surface area contributed by atoms with Gasteiger partial charge in [0.2, 0.25) is 0 Å². The van der Waals surface area contributed by atoms with E-state index >= 15 is 0 Å². The van der Waals surface area contributed by atoms with Gasteiger partial charge in [-0.05, 0) is 92.5 Å². The zero-order valence-electron chi connectivity index (χ0n) is 35.1. The van der Waals surface area contributed by atoms with Crippen molar-refractivity contribution >= 4 is 59.5 Å². The lowest BCUT2D eigenvalue weighted by Crippen LogP contribution is -2.21. The Labute approximate surface area is 372 Å². The van der Waals surface area contributed by atoms with E-state index < -0.39 is 0 Å². The molecule has 0 aliphatic heterocycles. The molecule has 2 aromatic heterocycles. The number of benzene rings is 9. The van der Waals surface area contributed by atoms with E-state index in [0.717, 1.165) is 50.3 Å². The van der Waals surface area contributed by atoms with Crippen molar-refractivity contribution < 1.29 is 0 Å². The first-order valence-electron chi connectivity index (χ1n) is 21.7. The number of hydrogen-bond donors (Lipinski definition) is 0. The molecule has 12 rings (SSSR count). The van der Waals surface area contributed by atoms with Crippen LogP contribution in [-0.2, 0) is 5.41 Å².